The molecule has 0 bridgehead atoms. The Balaban J connectivity index is 1.73. The first-order valence-corrected chi connectivity index (χ1v) is 12.2. The largest absolute Gasteiger partial charge is 0.457 e. The molecule has 2 aromatic carbocycles. The number of piperidine rings is 1. The van der Waals surface area contributed by atoms with Crippen LogP contribution < -0.4 is 0 Å². The highest BCUT2D eigenvalue weighted by Crippen LogP contribution is 2.35. The van der Waals surface area contributed by atoms with E-state index in [0.29, 0.717) is 12.8 Å². The van der Waals surface area contributed by atoms with Gasteiger partial charge in [0.2, 0.25) is 0 Å². The lowest BCUT2D eigenvalue weighted by atomic mass is 9.87. The topological polar surface area (TPSA) is 55.8 Å². The summed E-state index contributed by atoms with van der Waals surface area (Å²) in [6.45, 7) is 3.66. The number of nitrogens with zero attached hydrogens (tertiary/aromatic N) is 1. The van der Waals surface area contributed by atoms with Gasteiger partial charge >= 0.3 is 11.9 Å². The lowest BCUT2D eigenvalue weighted by Crippen LogP contribution is -2.45. The number of ether oxygens (including phenoxy) is 2. The van der Waals surface area contributed by atoms with Crippen LogP contribution in [0.5, 0.6) is 0 Å². The number of carbonyl (C=O) groups excluding carboxylic acids is 2. The molecule has 4 atom stereocenters. The van der Waals surface area contributed by atoms with Gasteiger partial charge in [0.15, 0.2) is 0 Å². The number of likely N-dealkylation sites (tertiary alicyclic amines) is 1. The lowest BCUT2D eigenvalue weighted by Gasteiger charge is -2.42. The van der Waals surface area contributed by atoms with Crippen LogP contribution in [0, 0.1) is 0 Å². The number of benzene rings is 2. The van der Waals surface area contributed by atoms with Gasteiger partial charge in [-0.3, -0.25) is 9.59 Å². The SMILES string of the molecule is CCC(=O)O[C@@H](C[C@H]1CCC[C@@H](C[C@@H](OC(=O)CC)c2ccccc2)N1C)c1ccccc1. The molecule has 1 aliphatic heterocycles. The number of rotatable bonds is 10. The summed E-state index contributed by atoms with van der Waals surface area (Å²) in [6, 6.07) is 20.6. The van der Waals surface area contributed by atoms with Crippen molar-refractivity contribution >= 4 is 11.9 Å². The summed E-state index contributed by atoms with van der Waals surface area (Å²) in [5.41, 5.74) is 2.07. The molecule has 0 aliphatic carbocycles. The Morgan fingerprint density at radius 1 is 0.788 bits per heavy atom. The smallest absolute Gasteiger partial charge is 0.306 e. The Bertz CT molecular complexity index is 798. The minimum absolute atomic E-state index is 0.172. The normalized spacial score (nSPS) is 20.6. The first kappa shape index (κ1) is 25.0. The highest BCUT2D eigenvalue weighted by molar-refractivity contribution is 5.69. The molecular weight excluding hydrogens is 414 g/mol. The molecule has 1 saturated heterocycles. The second kappa shape index (κ2) is 12.5. The Morgan fingerprint density at radius 3 is 1.55 bits per heavy atom. The highest BCUT2D eigenvalue weighted by Gasteiger charge is 2.33. The summed E-state index contributed by atoms with van der Waals surface area (Å²) in [5.74, 6) is -0.344. The van der Waals surface area contributed by atoms with Crippen LogP contribution in [-0.2, 0) is 19.1 Å². The van der Waals surface area contributed by atoms with Gasteiger partial charge in [0.1, 0.15) is 12.2 Å². The molecule has 2 aromatic rings. The number of hydrogen-bond acceptors (Lipinski definition) is 5. The van der Waals surface area contributed by atoms with Gasteiger partial charge in [-0.05, 0) is 31.0 Å². The zero-order valence-electron chi connectivity index (χ0n) is 20.1. The van der Waals surface area contributed by atoms with Crippen molar-refractivity contribution in [3.8, 4) is 0 Å². The molecule has 33 heavy (non-hydrogen) atoms. The van der Waals surface area contributed by atoms with Crippen molar-refractivity contribution < 1.29 is 19.1 Å². The van der Waals surface area contributed by atoms with Gasteiger partial charge in [0.25, 0.3) is 0 Å². The van der Waals surface area contributed by atoms with E-state index in [4.69, 9.17) is 9.47 Å². The maximum Gasteiger partial charge on any atom is 0.306 e. The van der Waals surface area contributed by atoms with E-state index in [1.165, 1.54) is 0 Å². The van der Waals surface area contributed by atoms with Crippen LogP contribution in [0.3, 0.4) is 0 Å². The summed E-state index contributed by atoms with van der Waals surface area (Å²) in [5, 5.41) is 0. The highest BCUT2D eigenvalue weighted by atomic mass is 16.5. The third-order valence-corrected chi connectivity index (χ3v) is 6.67. The predicted octanol–water partition coefficient (Wildman–Crippen LogP) is 6.01. The van der Waals surface area contributed by atoms with E-state index in [2.05, 4.69) is 11.9 Å². The predicted molar refractivity (Wildman–Crippen MR) is 130 cm³/mol. The van der Waals surface area contributed by atoms with Crippen molar-refractivity contribution in [3.05, 3.63) is 71.8 Å². The fourth-order valence-corrected chi connectivity index (χ4v) is 4.68. The van der Waals surface area contributed by atoms with Crippen LogP contribution in [0.2, 0.25) is 0 Å². The van der Waals surface area contributed by atoms with Crippen molar-refractivity contribution in [2.75, 3.05) is 7.05 Å². The van der Waals surface area contributed by atoms with Gasteiger partial charge in [-0.25, -0.2) is 0 Å². The number of esters is 2. The third kappa shape index (κ3) is 7.16. The number of hydrogen-bond donors (Lipinski definition) is 0. The van der Waals surface area contributed by atoms with Crippen LogP contribution >= 0.6 is 0 Å². The van der Waals surface area contributed by atoms with E-state index < -0.39 is 0 Å². The molecule has 1 heterocycles. The maximum atomic E-state index is 12.1. The molecule has 0 spiro atoms. The average molecular weight is 452 g/mol. The monoisotopic (exact) mass is 451 g/mol. The van der Waals surface area contributed by atoms with Crippen molar-refractivity contribution in [2.45, 2.75) is 83.1 Å². The summed E-state index contributed by atoms with van der Waals surface area (Å²) >= 11 is 0. The van der Waals surface area contributed by atoms with Crippen LogP contribution in [0.25, 0.3) is 0 Å². The summed E-state index contributed by atoms with van der Waals surface area (Å²) in [7, 11) is 2.15. The van der Waals surface area contributed by atoms with E-state index in [9.17, 15) is 9.59 Å². The average Bonchev–Trinajstić information content (AvgIpc) is 2.86. The fraction of sp³-hybridized carbons (Fsp3) is 0.500. The van der Waals surface area contributed by atoms with Crippen molar-refractivity contribution in [1.82, 2.24) is 4.90 Å². The van der Waals surface area contributed by atoms with E-state index >= 15 is 0 Å². The molecular formula is C28H37NO4. The van der Waals surface area contributed by atoms with Crippen molar-refractivity contribution in [3.63, 3.8) is 0 Å². The lowest BCUT2D eigenvalue weighted by molar-refractivity contribution is -0.150. The Labute approximate surface area is 198 Å². The third-order valence-electron chi connectivity index (χ3n) is 6.67. The molecule has 5 heteroatoms. The second-order valence-electron chi connectivity index (χ2n) is 8.86. The van der Waals surface area contributed by atoms with Gasteiger partial charge in [-0.2, -0.15) is 0 Å². The van der Waals surface area contributed by atoms with Gasteiger partial charge in [-0.15, -0.1) is 0 Å². The minimum Gasteiger partial charge on any atom is -0.457 e. The zero-order valence-corrected chi connectivity index (χ0v) is 20.1. The maximum absolute atomic E-state index is 12.1. The van der Waals surface area contributed by atoms with E-state index in [1.807, 2.05) is 74.5 Å². The zero-order chi connectivity index (χ0) is 23.6. The van der Waals surface area contributed by atoms with Crippen molar-refractivity contribution in [1.29, 1.82) is 0 Å². The van der Waals surface area contributed by atoms with Gasteiger partial charge in [0, 0.05) is 37.8 Å². The molecule has 0 amide bonds. The Morgan fingerprint density at radius 2 is 1.18 bits per heavy atom. The van der Waals surface area contributed by atoms with Gasteiger partial charge in [0.05, 0.1) is 0 Å². The quantitative estimate of drug-likeness (QED) is 0.414. The summed E-state index contributed by atoms with van der Waals surface area (Å²) in [6.07, 6.45) is 4.96. The molecule has 0 saturated carbocycles. The summed E-state index contributed by atoms with van der Waals surface area (Å²) < 4.78 is 11.7. The molecule has 0 N–H and O–H groups in total. The fourth-order valence-electron chi connectivity index (χ4n) is 4.68. The van der Waals surface area contributed by atoms with Crippen LogP contribution in [0.4, 0.5) is 0 Å². The molecule has 1 aliphatic rings. The first-order valence-electron chi connectivity index (χ1n) is 12.2. The van der Waals surface area contributed by atoms with Crippen LogP contribution in [0.15, 0.2) is 60.7 Å². The number of carbonyl (C=O) groups is 2. The molecule has 178 valence electrons. The van der Waals surface area contributed by atoms with E-state index in [0.717, 1.165) is 43.2 Å². The van der Waals surface area contributed by atoms with Crippen molar-refractivity contribution in [2.24, 2.45) is 0 Å². The molecule has 5 nitrogen and oxygen atoms in total. The minimum atomic E-state index is -0.257. The van der Waals surface area contributed by atoms with Crippen LogP contribution in [-0.4, -0.2) is 36.0 Å². The molecule has 3 rings (SSSR count). The standard InChI is InChI=1S/C28H37NO4/c1-4-27(30)32-25(21-13-8-6-9-14-21)19-23-17-12-18-24(29(23)3)20-26(33-28(31)5-2)22-15-10-7-11-16-22/h6-11,13-16,23-26H,4-5,12,17-20H2,1-3H3/t23-,24+,25+,26-. The van der Waals surface area contributed by atoms with Crippen LogP contribution in [0.1, 0.15) is 82.1 Å². The first-order chi connectivity index (χ1) is 16.0. The molecule has 0 radical (unpaired) electrons. The molecule has 1 fully saturated rings. The van der Waals surface area contributed by atoms with E-state index in [1.54, 1.807) is 0 Å². The molecule has 0 aromatic heterocycles. The Kier molecular flexibility index (Phi) is 9.49. The molecule has 0 unspecified atom stereocenters. The van der Waals surface area contributed by atoms with Gasteiger partial charge < -0.3 is 14.4 Å². The van der Waals surface area contributed by atoms with E-state index in [-0.39, 0.29) is 36.2 Å². The summed E-state index contributed by atoms with van der Waals surface area (Å²) in [4.78, 5) is 26.7. The second-order valence-corrected chi connectivity index (χ2v) is 8.86. The Hall–Kier alpha value is -2.66. The van der Waals surface area contributed by atoms with Gasteiger partial charge in [-0.1, -0.05) is 80.9 Å².